The number of rotatable bonds is 8. The van der Waals surface area contributed by atoms with E-state index in [1.54, 1.807) is 11.0 Å². The van der Waals surface area contributed by atoms with Crippen molar-refractivity contribution < 1.29 is 0 Å². The third-order valence-corrected chi connectivity index (χ3v) is 3.08. The van der Waals surface area contributed by atoms with E-state index in [1.165, 1.54) is 24.8 Å². The Labute approximate surface area is 114 Å². The van der Waals surface area contributed by atoms with E-state index in [9.17, 15) is 0 Å². The maximum atomic E-state index is 4.25. The topological polar surface area (TPSA) is 42.7 Å². The van der Waals surface area contributed by atoms with Crippen molar-refractivity contribution >= 4 is 0 Å². The zero-order valence-electron chi connectivity index (χ0n) is 11.5. The summed E-state index contributed by atoms with van der Waals surface area (Å²) in [5.74, 6) is 0.916. The zero-order chi connectivity index (χ0) is 13.3. The SMILES string of the molecule is Cn1cnc(CCNCCCCc2ccccc2)n1. The van der Waals surface area contributed by atoms with Gasteiger partial charge < -0.3 is 5.32 Å². The number of unbranched alkanes of at least 4 members (excludes halogenated alkanes) is 1. The van der Waals surface area contributed by atoms with Crippen molar-refractivity contribution in [2.24, 2.45) is 7.05 Å². The Kier molecular flexibility index (Phi) is 5.56. The predicted molar refractivity (Wildman–Crippen MR) is 77.0 cm³/mol. The van der Waals surface area contributed by atoms with Gasteiger partial charge in [-0.15, -0.1) is 0 Å². The van der Waals surface area contributed by atoms with Gasteiger partial charge in [-0.05, 0) is 31.4 Å². The molecule has 2 rings (SSSR count). The number of hydrogen-bond donors (Lipinski definition) is 1. The van der Waals surface area contributed by atoms with Crippen LogP contribution in [-0.4, -0.2) is 27.9 Å². The summed E-state index contributed by atoms with van der Waals surface area (Å²) in [6.45, 7) is 2.02. The van der Waals surface area contributed by atoms with Crippen LogP contribution >= 0.6 is 0 Å². The third kappa shape index (κ3) is 5.22. The second kappa shape index (κ2) is 7.69. The number of aromatic nitrogens is 3. The fraction of sp³-hybridized carbons (Fsp3) is 0.467. The normalized spacial score (nSPS) is 10.8. The van der Waals surface area contributed by atoms with E-state index in [0.29, 0.717) is 0 Å². The van der Waals surface area contributed by atoms with Crippen LogP contribution in [0.1, 0.15) is 24.2 Å². The van der Waals surface area contributed by atoms with Gasteiger partial charge in [0.25, 0.3) is 0 Å². The Balaban J connectivity index is 1.48. The molecule has 2 aromatic rings. The minimum absolute atomic E-state index is 0.902. The molecule has 1 heterocycles. The summed E-state index contributed by atoms with van der Waals surface area (Å²) < 4.78 is 1.75. The summed E-state index contributed by atoms with van der Waals surface area (Å²) in [4.78, 5) is 4.20. The molecular formula is C15H22N4. The Hall–Kier alpha value is -1.68. The highest BCUT2D eigenvalue weighted by molar-refractivity contribution is 5.14. The predicted octanol–water partition coefficient (Wildman–Crippen LogP) is 1.97. The van der Waals surface area contributed by atoms with E-state index in [1.807, 2.05) is 7.05 Å². The first-order chi connectivity index (χ1) is 9.34. The summed E-state index contributed by atoms with van der Waals surface area (Å²) >= 11 is 0. The van der Waals surface area contributed by atoms with Crippen LogP contribution in [0.2, 0.25) is 0 Å². The van der Waals surface area contributed by atoms with Gasteiger partial charge in [0.15, 0.2) is 5.82 Å². The zero-order valence-corrected chi connectivity index (χ0v) is 11.5. The van der Waals surface area contributed by atoms with Crippen molar-refractivity contribution in [3.05, 3.63) is 48.0 Å². The maximum Gasteiger partial charge on any atom is 0.151 e. The number of nitrogens with zero attached hydrogens (tertiary/aromatic N) is 3. The van der Waals surface area contributed by atoms with Crippen LogP contribution in [0, 0.1) is 0 Å². The first-order valence-electron chi connectivity index (χ1n) is 6.94. The Morgan fingerprint density at radius 2 is 1.89 bits per heavy atom. The Morgan fingerprint density at radius 3 is 2.63 bits per heavy atom. The van der Waals surface area contributed by atoms with E-state index in [0.717, 1.165) is 25.3 Å². The van der Waals surface area contributed by atoms with Gasteiger partial charge in [-0.1, -0.05) is 30.3 Å². The molecule has 1 aromatic heterocycles. The third-order valence-electron chi connectivity index (χ3n) is 3.08. The molecule has 0 atom stereocenters. The summed E-state index contributed by atoms with van der Waals surface area (Å²) in [7, 11) is 1.90. The highest BCUT2D eigenvalue weighted by atomic mass is 15.3. The fourth-order valence-electron chi connectivity index (χ4n) is 2.05. The monoisotopic (exact) mass is 258 g/mol. The lowest BCUT2D eigenvalue weighted by Gasteiger charge is -2.03. The molecule has 0 amide bonds. The van der Waals surface area contributed by atoms with Crippen LogP contribution in [-0.2, 0) is 19.9 Å². The van der Waals surface area contributed by atoms with Crippen LogP contribution < -0.4 is 5.32 Å². The van der Waals surface area contributed by atoms with Crippen molar-refractivity contribution in [1.29, 1.82) is 0 Å². The number of nitrogens with one attached hydrogen (secondary N) is 1. The molecule has 0 saturated carbocycles. The molecule has 4 heteroatoms. The van der Waals surface area contributed by atoms with Crippen molar-refractivity contribution in [3.8, 4) is 0 Å². The summed E-state index contributed by atoms with van der Waals surface area (Å²) in [6, 6.07) is 10.7. The number of hydrogen-bond acceptors (Lipinski definition) is 3. The number of benzene rings is 1. The number of aryl methyl sites for hydroxylation is 2. The molecule has 102 valence electrons. The quantitative estimate of drug-likeness (QED) is 0.736. The molecule has 0 radical (unpaired) electrons. The van der Waals surface area contributed by atoms with Crippen LogP contribution in [0.5, 0.6) is 0 Å². The van der Waals surface area contributed by atoms with E-state index >= 15 is 0 Å². The lowest BCUT2D eigenvalue weighted by atomic mass is 10.1. The van der Waals surface area contributed by atoms with Gasteiger partial charge in [0.05, 0.1) is 0 Å². The summed E-state index contributed by atoms with van der Waals surface area (Å²) in [5.41, 5.74) is 1.43. The van der Waals surface area contributed by atoms with E-state index in [4.69, 9.17) is 0 Å². The smallest absolute Gasteiger partial charge is 0.151 e. The highest BCUT2D eigenvalue weighted by Crippen LogP contribution is 2.03. The molecule has 0 aliphatic carbocycles. The molecule has 0 aliphatic rings. The molecule has 0 saturated heterocycles. The van der Waals surface area contributed by atoms with Crippen LogP contribution in [0.4, 0.5) is 0 Å². The second-order valence-corrected chi connectivity index (χ2v) is 4.78. The van der Waals surface area contributed by atoms with Gasteiger partial charge in [0, 0.05) is 20.0 Å². The van der Waals surface area contributed by atoms with Gasteiger partial charge in [-0.25, -0.2) is 4.98 Å². The second-order valence-electron chi connectivity index (χ2n) is 4.78. The first kappa shape index (κ1) is 13.7. The maximum absolute atomic E-state index is 4.25. The van der Waals surface area contributed by atoms with Crippen LogP contribution in [0.15, 0.2) is 36.7 Å². The fourth-order valence-corrected chi connectivity index (χ4v) is 2.05. The van der Waals surface area contributed by atoms with E-state index in [2.05, 4.69) is 45.7 Å². The Morgan fingerprint density at radius 1 is 1.05 bits per heavy atom. The Bertz CT molecular complexity index is 464. The van der Waals surface area contributed by atoms with Crippen molar-refractivity contribution in [3.63, 3.8) is 0 Å². The molecule has 19 heavy (non-hydrogen) atoms. The molecule has 1 N–H and O–H groups in total. The average molecular weight is 258 g/mol. The molecule has 0 aliphatic heterocycles. The average Bonchev–Trinajstić information content (AvgIpc) is 2.85. The minimum Gasteiger partial charge on any atom is -0.316 e. The molecule has 4 nitrogen and oxygen atoms in total. The van der Waals surface area contributed by atoms with E-state index in [-0.39, 0.29) is 0 Å². The van der Waals surface area contributed by atoms with Gasteiger partial charge in [-0.2, -0.15) is 5.10 Å². The lowest BCUT2D eigenvalue weighted by molar-refractivity contribution is 0.613. The van der Waals surface area contributed by atoms with Gasteiger partial charge >= 0.3 is 0 Å². The van der Waals surface area contributed by atoms with Crippen LogP contribution in [0.25, 0.3) is 0 Å². The molecule has 0 bridgehead atoms. The summed E-state index contributed by atoms with van der Waals surface area (Å²) in [6.07, 6.45) is 6.27. The molecule has 0 fully saturated rings. The van der Waals surface area contributed by atoms with Crippen molar-refractivity contribution in [2.75, 3.05) is 13.1 Å². The van der Waals surface area contributed by atoms with Gasteiger partial charge in [0.1, 0.15) is 6.33 Å². The van der Waals surface area contributed by atoms with Gasteiger partial charge in [-0.3, -0.25) is 4.68 Å². The standard InChI is InChI=1S/C15H22N4/c1-19-13-17-15(18-19)10-12-16-11-6-5-9-14-7-3-2-4-8-14/h2-4,7-8,13,16H,5-6,9-12H2,1H3. The highest BCUT2D eigenvalue weighted by Gasteiger charge is 1.97. The lowest BCUT2D eigenvalue weighted by Crippen LogP contribution is -2.19. The molecule has 0 unspecified atom stereocenters. The molecule has 1 aromatic carbocycles. The minimum atomic E-state index is 0.902. The van der Waals surface area contributed by atoms with Gasteiger partial charge in [0.2, 0.25) is 0 Å². The van der Waals surface area contributed by atoms with Crippen molar-refractivity contribution in [1.82, 2.24) is 20.1 Å². The van der Waals surface area contributed by atoms with Crippen LogP contribution in [0.3, 0.4) is 0 Å². The molecular weight excluding hydrogens is 236 g/mol. The molecule has 0 spiro atoms. The summed E-state index contributed by atoms with van der Waals surface area (Å²) in [5, 5.41) is 7.69. The first-order valence-corrected chi connectivity index (χ1v) is 6.94. The van der Waals surface area contributed by atoms with Crippen molar-refractivity contribution in [2.45, 2.75) is 25.7 Å². The largest absolute Gasteiger partial charge is 0.316 e. The van der Waals surface area contributed by atoms with E-state index < -0.39 is 0 Å².